The summed E-state index contributed by atoms with van der Waals surface area (Å²) in [5.74, 6) is 2.05. The second-order valence-electron chi connectivity index (χ2n) is 4.06. The standard InChI is InChI=1S/C10H16N2O2S/c13-9-2-1-8(10(14)12-9)11-7-3-5-15-6-4-7/h7-8,11H,1-6H2,(H,12,13,14). The van der Waals surface area contributed by atoms with E-state index in [9.17, 15) is 9.59 Å². The van der Waals surface area contributed by atoms with Crippen molar-refractivity contribution in [3.05, 3.63) is 0 Å². The lowest BCUT2D eigenvalue weighted by Gasteiger charge is -2.29. The SMILES string of the molecule is O=C1CCC(NC2CCSCC2)C(=O)N1. The fourth-order valence-corrected chi connectivity index (χ4v) is 3.11. The lowest BCUT2D eigenvalue weighted by molar-refractivity contribution is -0.134. The molecular weight excluding hydrogens is 212 g/mol. The van der Waals surface area contributed by atoms with Gasteiger partial charge in [0, 0.05) is 12.5 Å². The Morgan fingerprint density at radius 3 is 2.60 bits per heavy atom. The van der Waals surface area contributed by atoms with Gasteiger partial charge in [0.1, 0.15) is 0 Å². The van der Waals surface area contributed by atoms with E-state index in [-0.39, 0.29) is 17.9 Å². The van der Waals surface area contributed by atoms with E-state index in [0.717, 1.165) is 12.8 Å². The first-order valence-electron chi connectivity index (χ1n) is 5.43. The highest BCUT2D eigenvalue weighted by Crippen LogP contribution is 2.18. The number of imide groups is 1. The monoisotopic (exact) mass is 228 g/mol. The zero-order valence-corrected chi connectivity index (χ0v) is 9.44. The molecule has 2 amide bonds. The van der Waals surface area contributed by atoms with Gasteiger partial charge in [0.15, 0.2) is 0 Å². The van der Waals surface area contributed by atoms with Crippen LogP contribution in [-0.2, 0) is 9.59 Å². The maximum absolute atomic E-state index is 11.5. The van der Waals surface area contributed by atoms with Crippen molar-refractivity contribution >= 4 is 23.6 Å². The summed E-state index contributed by atoms with van der Waals surface area (Å²) in [5, 5.41) is 5.72. The maximum Gasteiger partial charge on any atom is 0.243 e. The molecule has 5 heteroatoms. The number of hydrogen-bond acceptors (Lipinski definition) is 4. The van der Waals surface area contributed by atoms with Crippen molar-refractivity contribution < 1.29 is 9.59 Å². The van der Waals surface area contributed by atoms with Crippen LogP contribution < -0.4 is 10.6 Å². The zero-order valence-electron chi connectivity index (χ0n) is 8.62. The molecule has 0 aromatic heterocycles. The minimum absolute atomic E-state index is 0.141. The fourth-order valence-electron chi connectivity index (χ4n) is 2.00. The second-order valence-corrected chi connectivity index (χ2v) is 5.28. The summed E-state index contributed by atoms with van der Waals surface area (Å²) < 4.78 is 0. The number of carbonyl (C=O) groups excluding carboxylic acids is 2. The van der Waals surface area contributed by atoms with Gasteiger partial charge in [-0.15, -0.1) is 0 Å². The predicted octanol–water partition coefficient (Wildman–Crippen LogP) is 0.277. The van der Waals surface area contributed by atoms with Gasteiger partial charge < -0.3 is 5.32 Å². The van der Waals surface area contributed by atoms with Gasteiger partial charge in [0.05, 0.1) is 6.04 Å². The average molecular weight is 228 g/mol. The van der Waals surface area contributed by atoms with Gasteiger partial charge in [-0.05, 0) is 30.8 Å². The third-order valence-electron chi connectivity index (χ3n) is 2.90. The summed E-state index contributed by atoms with van der Waals surface area (Å²) in [6.45, 7) is 0. The highest BCUT2D eigenvalue weighted by molar-refractivity contribution is 7.99. The van der Waals surface area contributed by atoms with Gasteiger partial charge in [0.2, 0.25) is 11.8 Å². The Balaban J connectivity index is 1.82. The molecule has 2 aliphatic heterocycles. The van der Waals surface area contributed by atoms with E-state index in [1.165, 1.54) is 11.5 Å². The minimum atomic E-state index is -0.157. The molecule has 2 saturated heterocycles. The van der Waals surface area contributed by atoms with Crippen LogP contribution in [0.2, 0.25) is 0 Å². The Morgan fingerprint density at radius 1 is 1.20 bits per heavy atom. The van der Waals surface area contributed by atoms with Crippen molar-refractivity contribution in [1.82, 2.24) is 10.6 Å². The molecule has 84 valence electrons. The molecule has 1 unspecified atom stereocenters. The maximum atomic E-state index is 11.5. The highest BCUT2D eigenvalue weighted by atomic mass is 32.2. The molecule has 0 radical (unpaired) electrons. The number of amides is 2. The molecule has 2 N–H and O–H groups in total. The van der Waals surface area contributed by atoms with Gasteiger partial charge in [-0.1, -0.05) is 0 Å². The van der Waals surface area contributed by atoms with Gasteiger partial charge in [0.25, 0.3) is 0 Å². The third kappa shape index (κ3) is 2.95. The number of nitrogens with one attached hydrogen (secondary N) is 2. The molecule has 0 bridgehead atoms. The Hall–Kier alpha value is -0.550. The van der Waals surface area contributed by atoms with E-state index in [4.69, 9.17) is 0 Å². The van der Waals surface area contributed by atoms with Crippen LogP contribution in [-0.4, -0.2) is 35.4 Å². The third-order valence-corrected chi connectivity index (χ3v) is 3.95. The topological polar surface area (TPSA) is 58.2 Å². The summed E-state index contributed by atoms with van der Waals surface area (Å²) in [4.78, 5) is 22.4. The van der Waals surface area contributed by atoms with Gasteiger partial charge >= 0.3 is 0 Å². The van der Waals surface area contributed by atoms with E-state index >= 15 is 0 Å². The smallest absolute Gasteiger partial charge is 0.243 e. The first kappa shape index (κ1) is 11.0. The first-order chi connectivity index (χ1) is 7.25. The van der Waals surface area contributed by atoms with Crippen molar-refractivity contribution in [2.75, 3.05) is 11.5 Å². The number of carbonyl (C=O) groups is 2. The molecule has 2 heterocycles. The Kier molecular flexibility index (Phi) is 3.64. The first-order valence-corrected chi connectivity index (χ1v) is 6.58. The van der Waals surface area contributed by atoms with Crippen molar-refractivity contribution in [3.8, 4) is 0 Å². The fraction of sp³-hybridized carbons (Fsp3) is 0.800. The molecule has 2 aliphatic rings. The molecule has 15 heavy (non-hydrogen) atoms. The van der Waals surface area contributed by atoms with Gasteiger partial charge in [-0.3, -0.25) is 14.9 Å². The van der Waals surface area contributed by atoms with Crippen LogP contribution in [0.5, 0.6) is 0 Å². The molecule has 0 spiro atoms. The predicted molar refractivity (Wildman–Crippen MR) is 59.7 cm³/mol. The molecule has 0 saturated carbocycles. The molecule has 2 rings (SSSR count). The van der Waals surface area contributed by atoms with E-state index < -0.39 is 0 Å². The van der Waals surface area contributed by atoms with Gasteiger partial charge in [-0.25, -0.2) is 0 Å². The van der Waals surface area contributed by atoms with Crippen molar-refractivity contribution in [3.63, 3.8) is 0 Å². The van der Waals surface area contributed by atoms with Crippen LogP contribution in [0.25, 0.3) is 0 Å². The Labute approximate surface area is 93.6 Å². The van der Waals surface area contributed by atoms with Crippen molar-refractivity contribution in [2.24, 2.45) is 0 Å². The molecule has 4 nitrogen and oxygen atoms in total. The van der Waals surface area contributed by atoms with Crippen LogP contribution >= 0.6 is 11.8 Å². The molecule has 0 aliphatic carbocycles. The Morgan fingerprint density at radius 2 is 1.93 bits per heavy atom. The minimum Gasteiger partial charge on any atom is -0.303 e. The van der Waals surface area contributed by atoms with Gasteiger partial charge in [-0.2, -0.15) is 11.8 Å². The Bertz CT molecular complexity index is 264. The van der Waals surface area contributed by atoms with Crippen LogP contribution in [0, 0.1) is 0 Å². The summed E-state index contributed by atoms with van der Waals surface area (Å²) in [6.07, 6.45) is 3.37. The summed E-state index contributed by atoms with van der Waals surface area (Å²) in [6, 6.07) is 0.297. The molecular formula is C10H16N2O2S. The normalized spacial score (nSPS) is 28.9. The summed E-state index contributed by atoms with van der Waals surface area (Å²) in [5.41, 5.74) is 0. The average Bonchev–Trinajstić information content (AvgIpc) is 2.24. The lowest BCUT2D eigenvalue weighted by atomic mass is 10.0. The number of piperidine rings is 1. The van der Waals surface area contributed by atoms with E-state index in [0.29, 0.717) is 18.9 Å². The molecule has 1 atom stereocenters. The van der Waals surface area contributed by atoms with Crippen LogP contribution in [0.15, 0.2) is 0 Å². The van der Waals surface area contributed by atoms with Crippen LogP contribution in [0.3, 0.4) is 0 Å². The number of thioether (sulfide) groups is 1. The number of rotatable bonds is 2. The van der Waals surface area contributed by atoms with Crippen LogP contribution in [0.4, 0.5) is 0 Å². The van der Waals surface area contributed by atoms with E-state index in [2.05, 4.69) is 10.6 Å². The zero-order chi connectivity index (χ0) is 10.7. The van der Waals surface area contributed by atoms with Crippen LogP contribution in [0.1, 0.15) is 25.7 Å². The van der Waals surface area contributed by atoms with Crippen molar-refractivity contribution in [2.45, 2.75) is 37.8 Å². The molecule has 2 fully saturated rings. The second kappa shape index (κ2) is 4.99. The number of hydrogen-bond donors (Lipinski definition) is 2. The largest absolute Gasteiger partial charge is 0.303 e. The quantitative estimate of drug-likeness (QED) is 0.666. The highest BCUT2D eigenvalue weighted by Gasteiger charge is 2.28. The molecule has 0 aromatic carbocycles. The summed E-state index contributed by atoms with van der Waals surface area (Å²) >= 11 is 1.97. The lowest BCUT2D eigenvalue weighted by Crippen LogP contribution is -2.53. The van der Waals surface area contributed by atoms with E-state index in [1.807, 2.05) is 11.8 Å². The molecule has 0 aromatic rings. The summed E-state index contributed by atoms with van der Waals surface area (Å²) in [7, 11) is 0. The van der Waals surface area contributed by atoms with Crippen molar-refractivity contribution in [1.29, 1.82) is 0 Å². The van der Waals surface area contributed by atoms with E-state index in [1.54, 1.807) is 0 Å².